The maximum absolute atomic E-state index is 13.1. The van der Waals surface area contributed by atoms with E-state index in [2.05, 4.69) is 14.9 Å². The van der Waals surface area contributed by atoms with Crippen molar-refractivity contribution in [3.63, 3.8) is 0 Å². The van der Waals surface area contributed by atoms with E-state index in [4.69, 9.17) is 0 Å². The average molecular weight is 366 g/mol. The second-order valence-electron chi connectivity index (χ2n) is 7.05. The van der Waals surface area contributed by atoms with Crippen molar-refractivity contribution in [3.05, 3.63) is 54.0 Å². The predicted octanol–water partition coefficient (Wildman–Crippen LogP) is 1.90. The number of hydrogen-bond acceptors (Lipinski definition) is 5. The Labute approximate surface area is 157 Å². The van der Waals surface area contributed by atoms with Crippen LogP contribution >= 0.6 is 0 Å². The number of nitrogens with zero attached hydrogens (tertiary/aromatic N) is 4. The van der Waals surface area contributed by atoms with Gasteiger partial charge in [0.2, 0.25) is 5.91 Å². The molecule has 1 fully saturated rings. The largest absolute Gasteiger partial charge is 0.479 e. The van der Waals surface area contributed by atoms with E-state index in [1.807, 2.05) is 24.3 Å². The summed E-state index contributed by atoms with van der Waals surface area (Å²) in [6.45, 7) is 1.89. The van der Waals surface area contributed by atoms with Crippen molar-refractivity contribution in [3.8, 4) is 0 Å². The highest BCUT2D eigenvalue weighted by Gasteiger charge is 2.39. The van der Waals surface area contributed by atoms with Crippen molar-refractivity contribution in [2.75, 3.05) is 24.5 Å². The summed E-state index contributed by atoms with van der Waals surface area (Å²) in [6, 6.07) is 6.64. The lowest BCUT2D eigenvalue weighted by Crippen LogP contribution is -2.48. The fourth-order valence-corrected chi connectivity index (χ4v) is 4.11. The molecule has 2 aliphatic rings. The second kappa shape index (κ2) is 7.34. The molecule has 4 rings (SSSR count). The van der Waals surface area contributed by atoms with Crippen LogP contribution in [0.1, 0.15) is 30.0 Å². The van der Waals surface area contributed by atoms with Crippen molar-refractivity contribution in [2.45, 2.75) is 25.3 Å². The highest BCUT2D eigenvalue weighted by Crippen LogP contribution is 2.33. The highest BCUT2D eigenvalue weighted by atomic mass is 16.4. The van der Waals surface area contributed by atoms with E-state index in [-0.39, 0.29) is 11.8 Å². The number of carboxylic acids is 1. The van der Waals surface area contributed by atoms with Crippen molar-refractivity contribution in [1.29, 1.82) is 0 Å². The Morgan fingerprint density at radius 3 is 2.56 bits per heavy atom. The molecule has 0 saturated carbocycles. The molecule has 1 atom stereocenters. The molecule has 7 nitrogen and oxygen atoms in total. The van der Waals surface area contributed by atoms with E-state index in [1.54, 1.807) is 23.5 Å². The van der Waals surface area contributed by atoms with E-state index in [9.17, 15) is 14.7 Å². The molecule has 0 spiro atoms. The summed E-state index contributed by atoms with van der Waals surface area (Å²) < 4.78 is 0. The molecule has 1 aromatic heterocycles. The Hall–Kier alpha value is -2.96. The number of amides is 1. The van der Waals surface area contributed by atoms with Crippen molar-refractivity contribution < 1.29 is 14.7 Å². The number of carboxylic acid groups (broad SMARTS) is 1. The molecular weight excluding hydrogens is 344 g/mol. The minimum absolute atomic E-state index is 0.0456. The molecule has 3 heterocycles. The zero-order valence-corrected chi connectivity index (χ0v) is 15.0. The number of hydrogen-bond donors (Lipinski definition) is 1. The van der Waals surface area contributed by atoms with Gasteiger partial charge in [-0.3, -0.25) is 9.78 Å². The fraction of sp³-hybridized carbons (Fsp3) is 0.400. The van der Waals surface area contributed by atoms with Crippen LogP contribution in [0.5, 0.6) is 0 Å². The number of rotatable bonds is 3. The first-order valence-electron chi connectivity index (χ1n) is 9.27. The topological polar surface area (TPSA) is 86.6 Å². The molecule has 1 N–H and O–H groups in total. The van der Waals surface area contributed by atoms with Gasteiger partial charge in [0, 0.05) is 37.9 Å². The number of carbonyl (C=O) groups excluding carboxylic acids is 1. The van der Waals surface area contributed by atoms with Crippen molar-refractivity contribution >= 4 is 17.7 Å². The molecular formula is C20H22N4O3. The zero-order valence-electron chi connectivity index (χ0n) is 15.0. The van der Waals surface area contributed by atoms with Crippen LogP contribution in [0.15, 0.2) is 42.9 Å². The van der Waals surface area contributed by atoms with Crippen LogP contribution in [-0.4, -0.2) is 51.5 Å². The maximum atomic E-state index is 13.1. The summed E-state index contributed by atoms with van der Waals surface area (Å²) >= 11 is 0. The van der Waals surface area contributed by atoms with Crippen LogP contribution in [0.3, 0.4) is 0 Å². The number of aliphatic carboxylic acids is 1. The molecule has 1 amide bonds. The molecule has 1 aromatic carbocycles. The molecule has 2 aromatic rings. The van der Waals surface area contributed by atoms with Gasteiger partial charge in [-0.05, 0) is 30.4 Å². The number of carbonyl (C=O) groups is 2. The van der Waals surface area contributed by atoms with Gasteiger partial charge < -0.3 is 14.9 Å². The SMILES string of the molecule is O=C(O)[C@@H]1c2ccccc2CCN1C(=O)C1CCN(c2cnccn2)CC1. The Balaban J connectivity index is 1.48. The van der Waals surface area contributed by atoms with Crippen LogP contribution in [0, 0.1) is 5.92 Å². The van der Waals surface area contributed by atoms with Crippen LogP contribution in [0.25, 0.3) is 0 Å². The van der Waals surface area contributed by atoms with E-state index in [0.717, 1.165) is 30.0 Å². The van der Waals surface area contributed by atoms with Gasteiger partial charge in [-0.15, -0.1) is 0 Å². The normalized spacial score (nSPS) is 20.2. The van der Waals surface area contributed by atoms with E-state index in [0.29, 0.717) is 25.8 Å². The predicted molar refractivity (Wildman–Crippen MR) is 99.2 cm³/mol. The third-order valence-corrected chi connectivity index (χ3v) is 5.52. The Bertz CT molecular complexity index is 834. The van der Waals surface area contributed by atoms with E-state index in [1.165, 1.54) is 0 Å². The highest BCUT2D eigenvalue weighted by molar-refractivity contribution is 5.87. The molecule has 0 unspecified atom stereocenters. The summed E-state index contributed by atoms with van der Waals surface area (Å²) in [4.78, 5) is 37.2. The minimum Gasteiger partial charge on any atom is -0.479 e. The summed E-state index contributed by atoms with van der Waals surface area (Å²) in [7, 11) is 0. The van der Waals surface area contributed by atoms with Crippen molar-refractivity contribution in [1.82, 2.24) is 14.9 Å². The van der Waals surface area contributed by atoms with Crippen LogP contribution < -0.4 is 4.90 Å². The summed E-state index contributed by atoms with van der Waals surface area (Å²) in [5.41, 5.74) is 1.76. The third-order valence-electron chi connectivity index (χ3n) is 5.52. The average Bonchev–Trinajstić information content (AvgIpc) is 2.73. The quantitative estimate of drug-likeness (QED) is 0.893. The van der Waals surface area contributed by atoms with Gasteiger partial charge in [0.1, 0.15) is 5.82 Å². The van der Waals surface area contributed by atoms with Gasteiger partial charge in [-0.1, -0.05) is 24.3 Å². The van der Waals surface area contributed by atoms with Gasteiger partial charge in [0.15, 0.2) is 6.04 Å². The number of anilines is 1. The van der Waals surface area contributed by atoms with Crippen LogP contribution in [0.4, 0.5) is 5.82 Å². The van der Waals surface area contributed by atoms with Gasteiger partial charge in [-0.25, -0.2) is 9.78 Å². The molecule has 27 heavy (non-hydrogen) atoms. The molecule has 2 aliphatic heterocycles. The second-order valence-corrected chi connectivity index (χ2v) is 7.05. The molecule has 0 aliphatic carbocycles. The van der Waals surface area contributed by atoms with Crippen LogP contribution in [-0.2, 0) is 16.0 Å². The molecule has 0 bridgehead atoms. The number of fused-ring (bicyclic) bond motifs is 1. The zero-order chi connectivity index (χ0) is 18.8. The smallest absolute Gasteiger partial charge is 0.331 e. The van der Waals surface area contributed by atoms with Gasteiger partial charge in [-0.2, -0.15) is 0 Å². The lowest BCUT2D eigenvalue weighted by Gasteiger charge is -2.39. The maximum Gasteiger partial charge on any atom is 0.331 e. The van der Waals surface area contributed by atoms with Gasteiger partial charge >= 0.3 is 5.97 Å². The van der Waals surface area contributed by atoms with Gasteiger partial charge in [0.25, 0.3) is 0 Å². The summed E-state index contributed by atoms with van der Waals surface area (Å²) in [5, 5.41) is 9.78. The first kappa shape index (κ1) is 17.5. The first-order valence-corrected chi connectivity index (χ1v) is 9.27. The number of benzene rings is 1. The van der Waals surface area contributed by atoms with E-state index >= 15 is 0 Å². The summed E-state index contributed by atoms with van der Waals surface area (Å²) in [6.07, 6.45) is 7.11. The molecule has 7 heteroatoms. The Morgan fingerprint density at radius 1 is 1.07 bits per heavy atom. The van der Waals surface area contributed by atoms with E-state index < -0.39 is 12.0 Å². The summed E-state index contributed by atoms with van der Waals surface area (Å²) in [5.74, 6) is -0.341. The number of piperidine rings is 1. The first-order chi connectivity index (χ1) is 13.1. The Kier molecular flexibility index (Phi) is 4.75. The lowest BCUT2D eigenvalue weighted by molar-refractivity contribution is -0.153. The lowest BCUT2D eigenvalue weighted by atomic mass is 9.89. The molecule has 140 valence electrons. The fourth-order valence-electron chi connectivity index (χ4n) is 4.11. The monoisotopic (exact) mass is 366 g/mol. The Morgan fingerprint density at radius 2 is 1.85 bits per heavy atom. The standard InChI is InChI=1S/C20H22N4O3/c25-19(15-5-10-23(11-6-15)17-13-21-8-9-22-17)24-12-7-14-3-1-2-4-16(14)18(24)20(26)27/h1-4,8-9,13,15,18H,5-7,10-12H2,(H,26,27)/t18-/m0/s1. The number of aromatic nitrogens is 2. The van der Waals surface area contributed by atoms with Crippen molar-refractivity contribution in [2.24, 2.45) is 5.92 Å². The van der Waals surface area contributed by atoms with Crippen LogP contribution in [0.2, 0.25) is 0 Å². The minimum atomic E-state index is -0.965. The molecule has 1 saturated heterocycles. The molecule has 0 radical (unpaired) electrons. The third kappa shape index (κ3) is 3.37. The van der Waals surface area contributed by atoms with Gasteiger partial charge in [0.05, 0.1) is 6.20 Å².